The Kier molecular flexibility index (Phi) is 7.21. The summed E-state index contributed by atoms with van der Waals surface area (Å²) >= 11 is 1.60. The molecule has 1 fully saturated rings. The molecule has 1 aromatic carbocycles. The lowest BCUT2D eigenvalue weighted by Gasteiger charge is -2.10. The number of amides is 1. The van der Waals surface area contributed by atoms with E-state index in [9.17, 15) is 4.79 Å². The topological polar surface area (TPSA) is 54.0 Å². The third-order valence-corrected chi connectivity index (χ3v) is 5.15. The van der Waals surface area contributed by atoms with Crippen molar-refractivity contribution in [3.63, 3.8) is 0 Å². The van der Waals surface area contributed by atoms with Crippen molar-refractivity contribution in [2.75, 3.05) is 13.1 Å². The van der Waals surface area contributed by atoms with Crippen LogP contribution in [-0.2, 0) is 17.6 Å². The van der Waals surface area contributed by atoms with Crippen molar-refractivity contribution in [1.29, 1.82) is 0 Å². The predicted octanol–water partition coefficient (Wildman–Crippen LogP) is 3.21. The van der Waals surface area contributed by atoms with Gasteiger partial charge in [-0.05, 0) is 31.4 Å². The van der Waals surface area contributed by atoms with Crippen LogP contribution in [0.1, 0.15) is 31.0 Å². The van der Waals surface area contributed by atoms with Gasteiger partial charge < -0.3 is 10.6 Å². The number of aryl methyl sites for hydroxylation is 1. The molecule has 2 N–H and O–H groups in total. The highest BCUT2D eigenvalue weighted by Gasteiger charge is 2.15. The number of benzene rings is 1. The molecular formula is C18H24ClN3OS. The van der Waals surface area contributed by atoms with Crippen molar-refractivity contribution >= 4 is 29.7 Å². The average molecular weight is 366 g/mol. The normalized spacial score (nSPS) is 16.6. The Hall–Kier alpha value is -1.43. The number of carbonyl (C=O) groups is 1. The molecule has 1 saturated heterocycles. The van der Waals surface area contributed by atoms with E-state index in [0.717, 1.165) is 35.7 Å². The van der Waals surface area contributed by atoms with E-state index in [0.29, 0.717) is 19.0 Å². The summed E-state index contributed by atoms with van der Waals surface area (Å²) in [6, 6.07) is 8.91. The number of aromatic nitrogens is 1. The molecule has 4 nitrogen and oxygen atoms in total. The summed E-state index contributed by atoms with van der Waals surface area (Å²) in [7, 11) is 0. The Balaban J connectivity index is 0.00000208. The molecule has 1 amide bonds. The van der Waals surface area contributed by atoms with Gasteiger partial charge in [0.15, 0.2) is 0 Å². The fraction of sp³-hybridized carbons (Fsp3) is 0.444. The quantitative estimate of drug-likeness (QED) is 0.826. The number of halogens is 1. The smallest absolute Gasteiger partial charge is 0.226 e. The number of nitrogens with one attached hydrogen (secondary N) is 2. The lowest BCUT2D eigenvalue weighted by molar-refractivity contribution is -0.120. The van der Waals surface area contributed by atoms with Crippen LogP contribution in [-0.4, -0.2) is 30.0 Å². The zero-order chi connectivity index (χ0) is 16.1. The first-order chi connectivity index (χ1) is 11.2. The van der Waals surface area contributed by atoms with Gasteiger partial charge in [-0.1, -0.05) is 31.2 Å². The second-order valence-corrected chi connectivity index (χ2v) is 6.83. The molecule has 130 valence electrons. The first kappa shape index (κ1) is 18.9. The van der Waals surface area contributed by atoms with E-state index < -0.39 is 0 Å². The molecule has 1 aromatic heterocycles. The van der Waals surface area contributed by atoms with E-state index in [4.69, 9.17) is 0 Å². The Bertz CT molecular complexity index is 651. The summed E-state index contributed by atoms with van der Waals surface area (Å²) in [4.78, 5) is 16.6. The van der Waals surface area contributed by atoms with Crippen LogP contribution in [0.2, 0.25) is 0 Å². The molecule has 0 aliphatic carbocycles. The number of carbonyl (C=O) groups excluding carboxylic acids is 1. The Morgan fingerprint density at radius 3 is 2.83 bits per heavy atom. The number of rotatable bonds is 6. The summed E-state index contributed by atoms with van der Waals surface area (Å²) in [5, 5.41) is 9.34. The zero-order valence-corrected chi connectivity index (χ0v) is 15.5. The van der Waals surface area contributed by atoms with Gasteiger partial charge in [0.05, 0.1) is 12.1 Å². The number of hydrogen-bond acceptors (Lipinski definition) is 4. The van der Waals surface area contributed by atoms with Crippen molar-refractivity contribution in [2.45, 2.75) is 38.6 Å². The first-order valence-corrected chi connectivity index (χ1v) is 9.16. The minimum atomic E-state index is 0. The number of nitrogens with zero attached hydrogens (tertiary/aromatic N) is 1. The maximum absolute atomic E-state index is 12.0. The number of hydrogen-bond donors (Lipinski definition) is 2. The molecule has 24 heavy (non-hydrogen) atoms. The molecule has 2 heterocycles. The van der Waals surface area contributed by atoms with Gasteiger partial charge in [0.1, 0.15) is 5.01 Å². The fourth-order valence-electron chi connectivity index (χ4n) is 2.80. The van der Waals surface area contributed by atoms with Crippen LogP contribution in [0.3, 0.4) is 0 Å². The molecule has 1 unspecified atom stereocenters. The van der Waals surface area contributed by atoms with Crippen molar-refractivity contribution in [2.24, 2.45) is 0 Å². The van der Waals surface area contributed by atoms with Gasteiger partial charge >= 0.3 is 0 Å². The monoisotopic (exact) mass is 365 g/mol. The standard InChI is InChI=1S/C18H23N3OS.ClH/c1-2-13-5-7-14(8-6-13)18-21-16(12-23-18)10-17(22)20-11-15-4-3-9-19-15;/h5-8,12,15,19H,2-4,9-11H2,1H3,(H,20,22);1H. The van der Waals surface area contributed by atoms with E-state index in [-0.39, 0.29) is 18.3 Å². The highest BCUT2D eigenvalue weighted by molar-refractivity contribution is 7.13. The van der Waals surface area contributed by atoms with Crippen LogP contribution in [0.5, 0.6) is 0 Å². The van der Waals surface area contributed by atoms with Crippen LogP contribution >= 0.6 is 23.7 Å². The summed E-state index contributed by atoms with van der Waals surface area (Å²) in [5.41, 5.74) is 3.29. The van der Waals surface area contributed by atoms with Gasteiger partial charge in [0.2, 0.25) is 5.91 Å². The van der Waals surface area contributed by atoms with Crippen LogP contribution < -0.4 is 10.6 Å². The summed E-state index contributed by atoms with van der Waals surface area (Å²) < 4.78 is 0. The van der Waals surface area contributed by atoms with E-state index in [1.807, 2.05) is 5.38 Å². The van der Waals surface area contributed by atoms with Gasteiger partial charge in [-0.15, -0.1) is 23.7 Å². The summed E-state index contributed by atoms with van der Waals surface area (Å²) in [6.45, 7) is 3.93. The molecule has 0 saturated carbocycles. The zero-order valence-electron chi connectivity index (χ0n) is 13.9. The molecule has 1 atom stereocenters. The van der Waals surface area contributed by atoms with Crippen molar-refractivity contribution in [3.05, 3.63) is 40.9 Å². The molecule has 1 aliphatic rings. The molecule has 1 aliphatic heterocycles. The highest BCUT2D eigenvalue weighted by Crippen LogP contribution is 2.24. The fourth-order valence-corrected chi connectivity index (χ4v) is 3.62. The van der Waals surface area contributed by atoms with Crippen molar-refractivity contribution in [1.82, 2.24) is 15.6 Å². The molecule has 0 radical (unpaired) electrons. The van der Waals surface area contributed by atoms with Crippen LogP contribution in [0.25, 0.3) is 10.6 Å². The SMILES string of the molecule is CCc1ccc(-c2nc(CC(=O)NCC3CCCN3)cs2)cc1.Cl. The molecule has 2 aromatic rings. The maximum atomic E-state index is 12.0. The minimum absolute atomic E-state index is 0. The molecule has 0 bridgehead atoms. The van der Waals surface area contributed by atoms with E-state index in [1.54, 1.807) is 11.3 Å². The number of thiazole rings is 1. The van der Waals surface area contributed by atoms with Crippen LogP contribution in [0.15, 0.2) is 29.6 Å². The maximum Gasteiger partial charge on any atom is 0.226 e. The van der Waals surface area contributed by atoms with Gasteiger partial charge in [-0.25, -0.2) is 4.98 Å². The van der Waals surface area contributed by atoms with Gasteiger partial charge in [-0.2, -0.15) is 0 Å². The van der Waals surface area contributed by atoms with Crippen molar-refractivity contribution in [3.8, 4) is 10.6 Å². The van der Waals surface area contributed by atoms with Crippen molar-refractivity contribution < 1.29 is 4.79 Å². The second-order valence-electron chi connectivity index (χ2n) is 5.97. The Labute approximate surface area is 153 Å². The van der Waals surface area contributed by atoms with Gasteiger partial charge in [0, 0.05) is 23.5 Å². The van der Waals surface area contributed by atoms with Gasteiger partial charge in [-0.3, -0.25) is 4.79 Å². The third-order valence-electron chi connectivity index (χ3n) is 4.21. The van der Waals surface area contributed by atoms with E-state index in [2.05, 4.69) is 46.8 Å². The molecule has 6 heteroatoms. The van der Waals surface area contributed by atoms with Crippen LogP contribution in [0, 0.1) is 0 Å². The molecule has 0 spiro atoms. The molecule has 3 rings (SSSR count). The van der Waals surface area contributed by atoms with Crippen LogP contribution in [0.4, 0.5) is 0 Å². The highest BCUT2D eigenvalue weighted by atomic mass is 35.5. The summed E-state index contributed by atoms with van der Waals surface area (Å²) in [5.74, 6) is 0.0527. The predicted molar refractivity (Wildman–Crippen MR) is 102 cm³/mol. The summed E-state index contributed by atoms with van der Waals surface area (Å²) in [6.07, 6.45) is 3.75. The first-order valence-electron chi connectivity index (χ1n) is 8.28. The molecular weight excluding hydrogens is 342 g/mol. The lowest BCUT2D eigenvalue weighted by Crippen LogP contribution is -2.37. The van der Waals surface area contributed by atoms with E-state index >= 15 is 0 Å². The minimum Gasteiger partial charge on any atom is -0.354 e. The lowest BCUT2D eigenvalue weighted by atomic mass is 10.1. The Morgan fingerprint density at radius 1 is 1.38 bits per heavy atom. The average Bonchev–Trinajstić information content (AvgIpc) is 3.25. The third kappa shape index (κ3) is 5.03. The van der Waals surface area contributed by atoms with E-state index in [1.165, 1.54) is 12.0 Å². The largest absolute Gasteiger partial charge is 0.354 e. The van der Waals surface area contributed by atoms with Gasteiger partial charge in [0.25, 0.3) is 0 Å². The second kappa shape index (κ2) is 9.16. The Morgan fingerprint density at radius 2 is 2.17 bits per heavy atom.